The number of nitrogens with one attached hydrogen (secondary N) is 1. The minimum atomic E-state index is 0. The number of rotatable bonds is 6. The number of methoxy groups -OCH3 is 1. The molecule has 1 saturated heterocycles. The molecule has 4 rings (SSSR count). The molecule has 27 heavy (non-hydrogen) atoms. The molecule has 0 bridgehead atoms. The van der Waals surface area contributed by atoms with Crippen LogP contribution in [0.5, 0.6) is 11.5 Å². The van der Waals surface area contributed by atoms with Crippen LogP contribution in [0.15, 0.2) is 23.2 Å². The highest BCUT2D eigenvalue weighted by atomic mass is 127. The van der Waals surface area contributed by atoms with Crippen LogP contribution in [0.25, 0.3) is 0 Å². The van der Waals surface area contributed by atoms with E-state index in [4.69, 9.17) is 19.2 Å². The SMILES string of the molecule is CCNC(=NCC1(c2ccc3c(c2)OCO3)CC1)N1CCC(COC)C1.I. The van der Waals surface area contributed by atoms with Gasteiger partial charge >= 0.3 is 0 Å². The van der Waals surface area contributed by atoms with E-state index in [2.05, 4.69) is 29.3 Å². The zero-order chi connectivity index (χ0) is 18.0. The van der Waals surface area contributed by atoms with Crippen molar-refractivity contribution in [1.82, 2.24) is 10.2 Å². The molecule has 0 spiro atoms. The molecule has 3 aliphatic rings. The molecule has 1 atom stereocenters. The zero-order valence-electron chi connectivity index (χ0n) is 16.2. The van der Waals surface area contributed by atoms with Crippen molar-refractivity contribution in [3.63, 3.8) is 0 Å². The van der Waals surface area contributed by atoms with E-state index in [1.54, 1.807) is 7.11 Å². The Morgan fingerprint density at radius 1 is 1.33 bits per heavy atom. The highest BCUT2D eigenvalue weighted by Crippen LogP contribution is 2.50. The second-order valence-corrected chi connectivity index (χ2v) is 7.57. The summed E-state index contributed by atoms with van der Waals surface area (Å²) in [6.07, 6.45) is 3.54. The predicted octanol–water partition coefficient (Wildman–Crippen LogP) is 3.00. The van der Waals surface area contributed by atoms with Crippen molar-refractivity contribution in [2.24, 2.45) is 10.9 Å². The number of ether oxygens (including phenoxy) is 3. The van der Waals surface area contributed by atoms with Crippen LogP contribution >= 0.6 is 24.0 Å². The second kappa shape index (κ2) is 8.86. The Kier molecular flexibility index (Phi) is 6.73. The summed E-state index contributed by atoms with van der Waals surface area (Å²) in [4.78, 5) is 7.39. The number of likely N-dealkylation sites (tertiary alicyclic amines) is 1. The molecule has 2 aliphatic heterocycles. The molecule has 150 valence electrons. The Morgan fingerprint density at radius 2 is 2.15 bits per heavy atom. The summed E-state index contributed by atoms with van der Waals surface area (Å²) >= 11 is 0. The van der Waals surface area contributed by atoms with Crippen LogP contribution in [0.3, 0.4) is 0 Å². The predicted molar refractivity (Wildman–Crippen MR) is 116 cm³/mol. The van der Waals surface area contributed by atoms with E-state index in [0.717, 1.165) is 50.2 Å². The van der Waals surface area contributed by atoms with E-state index in [0.29, 0.717) is 12.7 Å². The van der Waals surface area contributed by atoms with Crippen LogP contribution in [0.2, 0.25) is 0 Å². The van der Waals surface area contributed by atoms with Crippen LogP contribution < -0.4 is 14.8 Å². The summed E-state index contributed by atoms with van der Waals surface area (Å²) in [6.45, 7) is 7.07. The minimum absolute atomic E-state index is 0. The fraction of sp³-hybridized carbons (Fsp3) is 0.650. The molecule has 1 unspecified atom stereocenters. The number of fused-ring (bicyclic) bond motifs is 1. The van der Waals surface area contributed by atoms with Gasteiger partial charge in [-0.2, -0.15) is 0 Å². The quantitative estimate of drug-likeness (QED) is 0.380. The molecule has 2 heterocycles. The number of guanidine groups is 1. The normalized spacial score (nSPS) is 22.5. The second-order valence-electron chi connectivity index (χ2n) is 7.57. The van der Waals surface area contributed by atoms with Crippen molar-refractivity contribution in [2.45, 2.75) is 31.6 Å². The number of hydrogen-bond donors (Lipinski definition) is 1. The van der Waals surface area contributed by atoms with Gasteiger partial charge in [-0.3, -0.25) is 4.99 Å². The number of nitrogens with zero attached hydrogens (tertiary/aromatic N) is 2. The molecule has 0 aromatic heterocycles. The van der Waals surface area contributed by atoms with E-state index >= 15 is 0 Å². The van der Waals surface area contributed by atoms with Gasteiger partial charge in [0.2, 0.25) is 6.79 Å². The average molecular weight is 487 g/mol. The van der Waals surface area contributed by atoms with Crippen molar-refractivity contribution >= 4 is 29.9 Å². The molecule has 7 heteroatoms. The fourth-order valence-corrected chi connectivity index (χ4v) is 3.96. The summed E-state index contributed by atoms with van der Waals surface area (Å²) in [7, 11) is 1.78. The van der Waals surface area contributed by atoms with E-state index in [1.807, 2.05) is 6.07 Å². The molecule has 0 radical (unpaired) electrons. The molecule has 2 fully saturated rings. The van der Waals surface area contributed by atoms with Gasteiger partial charge < -0.3 is 24.4 Å². The van der Waals surface area contributed by atoms with E-state index in [9.17, 15) is 0 Å². The van der Waals surface area contributed by atoms with Gasteiger partial charge in [0.15, 0.2) is 17.5 Å². The van der Waals surface area contributed by atoms with Crippen LogP contribution in [0.4, 0.5) is 0 Å². The first kappa shape index (κ1) is 20.5. The van der Waals surface area contributed by atoms with Gasteiger partial charge in [-0.1, -0.05) is 6.07 Å². The molecule has 1 N–H and O–H groups in total. The Morgan fingerprint density at radius 3 is 2.89 bits per heavy atom. The van der Waals surface area contributed by atoms with Crippen molar-refractivity contribution in [1.29, 1.82) is 0 Å². The third-order valence-electron chi connectivity index (χ3n) is 5.69. The first-order valence-corrected chi connectivity index (χ1v) is 9.66. The van der Waals surface area contributed by atoms with Gasteiger partial charge in [0.25, 0.3) is 0 Å². The van der Waals surface area contributed by atoms with Crippen molar-refractivity contribution < 1.29 is 14.2 Å². The first-order chi connectivity index (χ1) is 12.7. The summed E-state index contributed by atoms with van der Waals surface area (Å²) in [5.41, 5.74) is 1.48. The van der Waals surface area contributed by atoms with E-state index in [1.165, 1.54) is 24.8 Å². The van der Waals surface area contributed by atoms with Crippen LogP contribution in [-0.4, -0.2) is 57.5 Å². The lowest BCUT2D eigenvalue weighted by Crippen LogP contribution is -2.40. The summed E-state index contributed by atoms with van der Waals surface area (Å²) in [5, 5.41) is 3.47. The third-order valence-corrected chi connectivity index (χ3v) is 5.69. The van der Waals surface area contributed by atoms with Gasteiger partial charge in [0.1, 0.15) is 0 Å². The molecule has 0 amide bonds. The smallest absolute Gasteiger partial charge is 0.231 e. The summed E-state index contributed by atoms with van der Waals surface area (Å²) in [5.74, 6) is 3.36. The van der Waals surface area contributed by atoms with Crippen LogP contribution in [0.1, 0.15) is 31.7 Å². The number of halogens is 1. The lowest BCUT2D eigenvalue weighted by molar-refractivity contribution is 0.157. The maximum absolute atomic E-state index is 5.55. The minimum Gasteiger partial charge on any atom is -0.454 e. The first-order valence-electron chi connectivity index (χ1n) is 9.66. The number of aliphatic imine (C=N–C) groups is 1. The average Bonchev–Trinajstić information content (AvgIpc) is 3.06. The van der Waals surface area contributed by atoms with Gasteiger partial charge in [-0.25, -0.2) is 0 Å². The molecule has 1 aliphatic carbocycles. The Balaban J connectivity index is 0.00000210. The molecule has 6 nitrogen and oxygen atoms in total. The lowest BCUT2D eigenvalue weighted by Gasteiger charge is -2.23. The van der Waals surface area contributed by atoms with Gasteiger partial charge in [-0.05, 0) is 43.9 Å². The Hall–Kier alpha value is -1.22. The highest BCUT2D eigenvalue weighted by Gasteiger charge is 2.45. The fourth-order valence-electron chi connectivity index (χ4n) is 3.96. The monoisotopic (exact) mass is 487 g/mol. The Labute approximate surface area is 178 Å². The molecule has 1 aromatic carbocycles. The summed E-state index contributed by atoms with van der Waals surface area (Å²) < 4.78 is 16.3. The maximum Gasteiger partial charge on any atom is 0.231 e. The van der Waals surface area contributed by atoms with Gasteiger partial charge in [-0.15, -0.1) is 24.0 Å². The maximum atomic E-state index is 5.55. The van der Waals surface area contributed by atoms with Gasteiger partial charge in [0, 0.05) is 38.1 Å². The van der Waals surface area contributed by atoms with E-state index < -0.39 is 0 Å². The van der Waals surface area contributed by atoms with Crippen LogP contribution in [0, 0.1) is 5.92 Å². The van der Waals surface area contributed by atoms with Gasteiger partial charge in [0.05, 0.1) is 13.2 Å². The number of hydrogen-bond acceptors (Lipinski definition) is 4. The summed E-state index contributed by atoms with van der Waals surface area (Å²) in [6, 6.07) is 6.35. The van der Waals surface area contributed by atoms with Crippen molar-refractivity contribution in [2.75, 3.05) is 46.7 Å². The Bertz CT molecular complexity index is 678. The highest BCUT2D eigenvalue weighted by molar-refractivity contribution is 14.0. The van der Waals surface area contributed by atoms with E-state index in [-0.39, 0.29) is 29.4 Å². The zero-order valence-corrected chi connectivity index (χ0v) is 18.5. The van der Waals surface area contributed by atoms with Crippen LogP contribution in [-0.2, 0) is 10.2 Å². The van der Waals surface area contributed by atoms with Crippen molar-refractivity contribution in [3.8, 4) is 11.5 Å². The van der Waals surface area contributed by atoms with Crippen molar-refractivity contribution in [3.05, 3.63) is 23.8 Å². The largest absolute Gasteiger partial charge is 0.454 e. The lowest BCUT2D eigenvalue weighted by atomic mass is 9.96. The molecular formula is C20H30IN3O3. The molecular weight excluding hydrogens is 457 g/mol. The molecule has 1 aromatic rings. The topological polar surface area (TPSA) is 55.3 Å². The molecule has 1 saturated carbocycles. The number of benzene rings is 1. The third kappa shape index (κ3) is 4.45. The standard InChI is InChI=1S/C20H29N3O3.HI/c1-3-21-19(23-9-6-15(11-23)12-24-2)22-13-20(7-8-20)16-4-5-17-18(10-16)26-14-25-17;/h4-5,10,15H,3,6-9,11-14H2,1-2H3,(H,21,22);1H.